The van der Waals surface area contributed by atoms with E-state index in [4.69, 9.17) is 11.6 Å². The fourth-order valence-corrected chi connectivity index (χ4v) is 3.53. The molecule has 1 aliphatic heterocycles. The molecule has 0 aliphatic carbocycles. The first-order valence-electron chi connectivity index (χ1n) is 8.31. The van der Waals surface area contributed by atoms with Crippen LogP contribution in [0.2, 0.25) is 5.02 Å². The number of carbonyl (C=O) groups is 1. The van der Waals surface area contributed by atoms with Gasteiger partial charge in [0, 0.05) is 34.7 Å². The van der Waals surface area contributed by atoms with Crippen molar-refractivity contribution >= 4 is 34.2 Å². The third-order valence-corrected chi connectivity index (χ3v) is 4.85. The van der Waals surface area contributed by atoms with Gasteiger partial charge in [-0.05, 0) is 49.2 Å². The van der Waals surface area contributed by atoms with Crippen LogP contribution in [0.1, 0.15) is 23.2 Å². The molecule has 0 amide bonds. The third-order valence-electron chi connectivity index (χ3n) is 4.61. The number of pyridine rings is 1. The summed E-state index contributed by atoms with van der Waals surface area (Å²) in [6.45, 7) is 2.13. The summed E-state index contributed by atoms with van der Waals surface area (Å²) in [6, 6.07) is 14.9. The molecule has 0 bridgehead atoms. The first-order valence-corrected chi connectivity index (χ1v) is 8.68. The molecule has 5 heteroatoms. The van der Waals surface area contributed by atoms with E-state index in [9.17, 15) is 9.90 Å². The fraction of sp³-hybridized carbons (Fsp3) is 0.200. The molecule has 1 aromatic heterocycles. The second-order valence-corrected chi connectivity index (χ2v) is 6.70. The van der Waals surface area contributed by atoms with Gasteiger partial charge in [0.1, 0.15) is 0 Å². The van der Waals surface area contributed by atoms with Gasteiger partial charge in [-0.1, -0.05) is 23.7 Å². The molecule has 1 fully saturated rings. The van der Waals surface area contributed by atoms with Gasteiger partial charge in [0.2, 0.25) is 0 Å². The van der Waals surface area contributed by atoms with Crippen LogP contribution in [0, 0.1) is 0 Å². The number of aromatic carboxylic acids is 1. The van der Waals surface area contributed by atoms with Crippen LogP contribution in [0.4, 0.5) is 5.69 Å². The zero-order valence-electron chi connectivity index (χ0n) is 13.6. The maximum atomic E-state index is 11.7. The second-order valence-electron chi connectivity index (χ2n) is 6.27. The number of halogens is 1. The molecule has 0 spiro atoms. The van der Waals surface area contributed by atoms with Crippen LogP contribution in [-0.2, 0) is 0 Å². The molecule has 2 heterocycles. The lowest BCUT2D eigenvalue weighted by Gasteiger charge is -2.18. The molecule has 25 heavy (non-hydrogen) atoms. The van der Waals surface area contributed by atoms with Crippen molar-refractivity contribution in [1.82, 2.24) is 4.98 Å². The Bertz CT molecular complexity index is 965. The number of rotatable bonds is 3. The summed E-state index contributed by atoms with van der Waals surface area (Å²) < 4.78 is 0. The molecular formula is C20H17ClN2O2. The number of hydrogen-bond donors (Lipinski definition) is 1. The van der Waals surface area contributed by atoms with Crippen molar-refractivity contribution in [3.8, 4) is 11.3 Å². The van der Waals surface area contributed by atoms with Gasteiger partial charge in [0.05, 0.1) is 16.8 Å². The number of benzene rings is 2. The number of anilines is 1. The highest BCUT2D eigenvalue weighted by Gasteiger charge is 2.16. The van der Waals surface area contributed by atoms with Crippen LogP contribution in [0.5, 0.6) is 0 Å². The van der Waals surface area contributed by atoms with E-state index < -0.39 is 5.97 Å². The van der Waals surface area contributed by atoms with Crippen molar-refractivity contribution in [3.63, 3.8) is 0 Å². The monoisotopic (exact) mass is 352 g/mol. The van der Waals surface area contributed by atoms with Crippen LogP contribution in [0.25, 0.3) is 22.2 Å². The summed E-state index contributed by atoms with van der Waals surface area (Å²) in [5.41, 5.74) is 3.59. The summed E-state index contributed by atoms with van der Waals surface area (Å²) in [5.74, 6) is -0.980. The van der Waals surface area contributed by atoms with Crippen LogP contribution < -0.4 is 4.90 Å². The SMILES string of the molecule is O=C(O)c1cc(-c2cccc(N3CCCC3)c2)nc2ccc(Cl)cc12. The molecule has 1 saturated heterocycles. The highest BCUT2D eigenvalue weighted by molar-refractivity contribution is 6.31. The molecule has 0 unspecified atom stereocenters. The van der Waals surface area contributed by atoms with E-state index >= 15 is 0 Å². The first-order chi connectivity index (χ1) is 12.1. The lowest BCUT2D eigenvalue weighted by molar-refractivity contribution is 0.0699. The van der Waals surface area contributed by atoms with E-state index in [1.807, 2.05) is 12.1 Å². The lowest BCUT2D eigenvalue weighted by atomic mass is 10.0. The Hall–Kier alpha value is -2.59. The fourth-order valence-electron chi connectivity index (χ4n) is 3.36. The molecule has 1 N–H and O–H groups in total. The van der Waals surface area contributed by atoms with Crippen molar-refractivity contribution in [1.29, 1.82) is 0 Å². The minimum Gasteiger partial charge on any atom is -0.478 e. The topological polar surface area (TPSA) is 53.4 Å². The minimum absolute atomic E-state index is 0.217. The maximum absolute atomic E-state index is 11.7. The minimum atomic E-state index is -0.980. The van der Waals surface area contributed by atoms with Gasteiger partial charge < -0.3 is 10.0 Å². The average Bonchev–Trinajstić information content (AvgIpc) is 3.15. The van der Waals surface area contributed by atoms with Crippen molar-refractivity contribution in [3.05, 3.63) is 59.1 Å². The number of aromatic nitrogens is 1. The largest absolute Gasteiger partial charge is 0.478 e. The molecule has 4 nitrogen and oxygen atoms in total. The first kappa shape index (κ1) is 15.9. The molecule has 0 saturated carbocycles. The third kappa shape index (κ3) is 3.05. The van der Waals surface area contributed by atoms with E-state index in [1.165, 1.54) is 12.8 Å². The van der Waals surface area contributed by atoms with E-state index in [0.717, 1.165) is 24.3 Å². The molecule has 0 atom stereocenters. The zero-order valence-corrected chi connectivity index (χ0v) is 14.3. The van der Waals surface area contributed by atoms with Gasteiger partial charge in [-0.15, -0.1) is 0 Å². The Balaban J connectivity index is 1.85. The smallest absolute Gasteiger partial charge is 0.336 e. The summed E-state index contributed by atoms with van der Waals surface area (Å²) >= 11 is 6.02. The Morgan fingerprint density at radius 3 is 2.64 bits per heavy atom. The van der Waals surface area contributed by atoms with Crippen LogP contribution >= 0.6 is 11.6 Å². The Morgan fingerprint density at radius 1 is 1.08 bits per heavy atom. The maximum Gasteiger partial charge on any atom is 0.336 e. The average molecular weight is 353 g/mol. The highest BCUT2D eigenvalue weighted by atomic mass is 35.5. The number of carboxylic acids is 1. The molecule has 3 aromatic rings. The molecular weight excluding hydrogens is 336 g/mol. The Morgan fingerprint density at radius 2 is 1.88 bits per heavy atom. The predicted molar refractivity (Wildman–Crippen MR) is 101 cm³/mol. The van der Waals surface area contributed by atoms with Crippen LogP contribution in [0.3, 0.4) is 0 Å². The van der Waals surface area contributed by atoms with Gasteiger partial charge >= 0.3 is 5.97 Å². The molecule has 1 aliphatic rings. The normalized spacial score (nSPS) is 14.2. The van der Waals surface area contributed by atoms with Crippen molar-refractivity contribution in [2.24, 2.45) is 0 Å². The van der Waals surface area contributed by atoms with Gasteiger partial charge in [0.25, 0.3) is 0 Å². The summed E-state index contributed by atoms with van der Waals surface area (Å²) in [6.07, 6.45) is 2.42. The lowest BCUT2D eigenvalue weighted by Crippen LogP contribution is -2.17. The van der Waals surface area contributed by atoms with Crippen molar-refractivity contribution in [2.45, 2.75) is 12.8 Å². The Labute approximate surface area is 150 Å². The number of hydrogen-bond acceptors (Lipinski definition) is 3. The number of nitrogens with zero attached hydrogens (tertiary/aromatic N) is 2. The zero-order chi connectivity index (χ0) is 17.4. The van der Waals surface area contributed by atoms with E-state index in [2.05, 4.69) is 22.0 Å². The Kier molecular flexibility index (Phi) is 4.06. The molecule has 126 valence electrons. The van der Waals surface area contributed by atoms with Crippen LogP contribution in [-0.4, -0.2) is 29.1 Å². The summed E-state index contributed by atoms with van der Waals surface area (Å²) in [7, 11) is 0. The quantitative estimate of drug-likeness (QED) is 0.731. The summed E-state index contributed by atoms with van der Waals surface area (Å²) in [5, 5.41) is 10.6. The van der Waals surface area contributed by atoms with E-state index in [-0.39, 0.29) is 5.56 Å². The number of carboxylic acid groups (broad SMARTS) is 1. The summed E-state index contributed by atoms with van der Waals surface area (Å²) in [4.78, 5) is 18.7. The molecule has 2 aromatic carbocycles. The van der Waals surface area contributed by atoms with E-state index in [1.54, 1.807) is 24.3 Å². The van der Waals surface area contributed by atoms with Gasteiger partial charge in [-0.2, -0.15) is 0 Å². The molecule has 4 rings (SSSR count). The predicted octanol–water partition coefficient (Wildman–Crippen LogP) is 4.85. The second kappa shape index (κ2) is 6.37. The van der Waals surface area contributed by atoms with Crippen molar-refractivity contribution in [2.75, 3.05) is 18.0 Å². The van der Waals surface area contributed by atoms with Crippen molar-refractivity contribution < 1.29 is 9.90 Å². The standard InChI is InChI=1S/C20H17ClN2O2/c21-14-6-7-18-16(11-14)17(20(24)25)12-19(22-18)13-4-3-5-15(10-13)23-8-1-2-9-23/h3-7,10-12H,1-2,8-9H2,(H,24,25). The van der Waals surface area contributed by atoms with E-state index in [0.29, 0.717) is 21.6 Å². The van der Waals surface area contributed by atoms with Gasteiger partial charge in [-0.3, -0.25) is 0 Å². The van der Waals surface area contributed by atoms with Gasteiger partial charge in [-0.25, -0.2) is 9.78 Å². The van der Waals surface area contributed by atoms with Crippen LogP contribution in [0.15, 0.2) is 48.5 Å². The highest BCUT2D eigenvalue weighted by Crippen LogP contribution is 2.30. The number of fused-ring (bicyclic) bond motifs is 1. The molecule has 0 radical (unpaired) electrons. The van der Waals surface area contributed by atoms with Gasteiger partial charge in [0.15, 0.2) is 0 Å².